The smallest absolute Gasteiger partial charge is 0.0351 e. The number of allylic oxidation sites excluding steroid dienone is 4. The highest BCUT2D eigenvalue weighted by Gasteiger charge is 1.95. The molecule has 1 aliphatic rings. The van der Waals surface area contributed by atoms with Gasteiger partial charge in [-0.2, -0.15) is 0 Å². The lowest BCUT2D eigenvalue weighted by Crippen LogP contribution is -1.83. The molecule has 0 atom stereocenters. The van der Waals surface area contributed by atoms with Crippen LogP contribution in [0.1, 0.15) is 154 Å². The Morgan fingerprint density at radius 2 is 0.321 bits per heavy atom. The van der Waals surface area contributed by atoms with Crippen molar-refractivity contribution in [1.29, 1.82) is 0 Å². The molecule has 0 heteroatoms. The first-order valence-electron chi connectivity index (χ1n) is 13.3. The Hall–Kier alpha value is -0.520. The first kappa shape index (κ1) is 25.5. The van der Waals surface area contributed by atoms with Crippen LogP contribution in [0.4, 0.5) is 0 Å². The zero-order valence-electron chi connectivity index (χ0n) is 19.3. The van der Waals surface area contributed by atoms with Crippen molar-refractivity contribution in [1.82, 2.24) is 0 Å². The van der Waals surface area contributed by atoms with Crippen molar-refractivity contribution in [3.8, 4) is 0 Å². The molecule has 0 aromatic carbocycles. The topological polar surface area (TPSA) is 0 Å². The summed E-state index contributed by atoms with van der Waals surface area (Å²) in [7, 11) is 0. The van der Waals surface area contributed by atoms with E-state index in [-0.39, 0.29) is 0 Å². The van der Waals surface area contributed by atoms with Gasteiger partial charge in [-0.1, -0.05) is 127 Å². The van der Waals surface area contributed by atoms with E-state index < -0.39 is 0 Å². The Bertz CT molecular complexity index is 304. The van der Waals surface area contributed by atoms with Crippen LogP contribution >= 0.6 is 0 Å². The third-order valence-electron chi connectivity index (χ3n) is 6.32. The lowest BCUT2D eigenvalue weighted by molar-refractivity contribution is 0.542. The Morgan fingerprint density at radius 1 is 0.179 bits per heavy atom. The van der Waals surface area contributed by atoms with E-state index in [9.17, 15) is 0 Å². The molecule has 0 aliphatic heterocycles. The van der Waals surface area contributed by atoms with E-state index in [4.69, 9.17) is 0 Å². The van der Waals surface area contributed by atoms with Gasteiger partial charge in [-0.15, -0.1) is 0 Å². The second-order valence-corrected chi connectivity index (χ2v) is 9.17. The minimum absolute atomic E-state index is 1.31. The molecular formula is C28H52. The van der Waals surface area contributed by atoms with Crippen LogP contribution in [-0.2, 0) is 0 Å². The molecule has 0 nitrogen and oxygen atoms in total. The molecule has 0 N–H and O–H groups in total. The van der Waals surface area contributed by atoms with Gasteiger partial charge in [-0.25, -0.2) is 0 Å². The van der Waals surface area contributed by atoms with Crippen LogP contribution in [0.3, 0.4) is 0 Å². The van der Waals surface area contributed by atoms with E-state index in [1.54, 1.807) is 0 Å². The van der Waals surface area contributed by atoms with Gasteiger partial charge in [0.2, 0.25) is 0 Å². The highest BCUT2D eigenvalue weighted by molar-refractivity contribution is 4.82. The van der Waals surface area contributed by atoms with E-state index in [0.29, 0.717) is 0 Å². The Kier molecular flexibility index (Phi) is 20.7. The minimum Gasteiger partial charge on any atom is -0.0885 e. The SMILES string of the molecule is C1=CCCCCCCCCCCCCCC/C=C\CCCCCCCCCC1. The molecule has 1 aliphatic carbocycles. The second-order valence-electron chi connectivity index (χ2n) is 9.17. The molecule has 0 radical (unpaired) electrons. The van der Waals surface area contributed by atoms with Gasteiger partial charge in [0.1, 0.15) is 0 Å². The first-order chi connectivity index (χ1) is 14.0. The van der Waals surface area contributed by atoms with Crippen LogP contribution in [0.15, 0.2) is 24.3 Å². The summed E-state index contributed by atoms with van der Waals surface area (Å²) in [4.78, 5) is 0. The number of rotatable bonds is 0. The molecule has 0 heterocycles. The molecule has 0 aromatic rings. The molecule has 1 rings (SSSR count). The predicted octanol–water partition coefficient (Wildman–Crippen LogP) is 10.5. The molecule has 0 aromatic heterocycles. The molecule has 0 saturated carbocycles. The summed E-state index contributed by atoms with van der Waals surface area (Å²) in [5.41, 5.74) is 0. The van der Waals surface area contributed by atoms with Crippen LogP contribution < -0.4 is 0 Å². The van der Waals surface area contributed by atoms with Crippen molar-refractivity contribution >= 4 is 0 Å². The van der Waals surface area contributed by atoms with Gasteiger partial charge >= 0.3 is 0 Å². The molecule has 0 fully saturated rings. The summed E-state index contributed by atoms with van der Waals surface area (Å²) in [5, 5.41) is 0. The van der Waals surface area contributed by atoms with E-state index in [2.05, 4.69) is 24.3 Å². The molecule has 0 amide bonds. The highest BCUT2D eigenvalue weighted by Crippen LogP contribution is 2.14. The van der Waals surface area contributed by atoms with Crippen LogP contribution in [0, 0.1) is 0 Å². The Labute approximate surface area is 178 Å². The molecule has 0 saturated heterocycles. The Balaban J connectivity index is 2.07. The van der Waals surface area contributed by atoms with E-state index in [0.717, 1.165) is 0 Å². The zero-order chi connectivity index (χ0) is 19.8. The fraction of sp³-hybridized carbons (Fsp3) is 0.857. The van der Waals surface area contributed by atoms with Crippen molar-refractivity contribution < 1.29 is 0 Å². The van der Waals surface area contributed by atoms with E-state index in [1.165, 1.54) is 154 Å². The van der Waals surface area contributed by atoms with Gasteiger partial charge in [0.25, 0.3) is 0 Å². The number of hydrogen-bond donors (Lipinski definition) is 0. The van der Waals surface area contributed by atoms with Crippen molar-refractivity contribution in [3.05, 3.63) is 24.3 Å². The van der Waals surface area contributed by atoms with Crippen LogP contribution in [0.2, 0.25) is 0 Å². The maximum atomic E-state index is 2.45. The van der Waals surface area contributed by atoms with Crippen molar-refractivity contribution in [2.24, 2.45) is 0 Å². The summed E-state index contributed by atoms with van der Waals surface area (Å²) >= 11 is 0. The van der Waals surface area contributed by atoms with Gasteiger partial charge in [-0.05, 0) is 51.4 Å². The third-order valence-corrected chi connectivity index (χ3v) is 6.32. The van der Waals surface area contributed by atoms with Gasteiger partial charge in [-0.3, -0.25) is 0 Å². The maximum Gasteiger partial charge on any atom is -0.0351 e. The summed E-state index contributed by atoms with van der Waals surface area (Å²) in [6.07, 6.45) is 44.0. The normalized spacial score (nSPS) is 24.0. The summed E-state index contributed by atoms with van der Waals surface area (Å²) in [5.74, 6) is 0. The summed E-state index contributed by atoms with van der Waals surface area (Å²) < 4.78 is 0. The van der Waals surface area contributed by atoms with E-state index >= 15 is 0 Å². The number of hydrogen-bond acceptors (Lipinski definition) is 0. The van der Waals surface area contributed by atoms with Crippen LogP contribution in [0.5, 0.6) is 0 Å². The molecule has 164 valence electrons. The predicted molar refractivity (Wildman–Crippen MR) is 129 cm³/mol. The average molecular weight is 389 g/mol. The quantitative estimate of drug-likeness (QED) is 0.362. The maximum absolute atomic E-state index is 2.45. The van der Waals surface area contributed by atoms with Crippen molar-refractivity contribution in [2.75, 3.05) is 0 Å². The van der Waals surface area contributed by atoms with Crippen LogP contribution in [0.25, 0.3) is 0 Å². The van der Waals surface area contributed by atoms with Crippen molar-refractivity contribution in [2.45, 2.75) is 154 Å². The highest BCUT2D eigenvalue weighted by atomic mass is 14.0. The largest absolute Gasteiger partial charge is 0.0885 e. The standard InChI is InChI=1S/C28H52/c1-2-4-6-8-10-12-14-16-18-20-22-24-26-28-27-25-23-21-19-17-15-13-11-9-7-5-3-1/h1-2,23,25H,3-22,24,26-28H2/b2-1-,25-23?. The monoisotopic (exact) mass is 388 g/mol. The average Bonchev–Trinajstić information content (AvgIpc) is 2.71. The summed E-state index contributed by atoms with van der Waals surface area (Å²) in [6, 6.07) is 0. The summed E-state index contributed by atoms with van der Waals surface area (Å²) in [6.45, 7) is 0. The Morgan fingerprint density at radius 3 is 0.500 bits per heavy atom. The van der Waals surface area contributed by atoms with Gasteiger partial charge in [0.05, 0.1) is 0 Å². The third kappa shape index (κ3) is 20.2. The molecule has 0 spiro atoms. The van der Waals surface area contributed by atoms with Crippen LogP contribution in [-0.4, -0.2) is 0 Å². The lowest BCUT2D eigenvalue weighted by atomic mass is 10.0. The second kappa shape index (κ2) is 22.8. The molecule has 0 unspecified atom stereocenters. The molecule has 28 heavy (non-hydrogen) atoms. The van der Waals surface area contributed by atoms with Gasteiger partial charge in [0, 0.05) is 0 Å². The van der Waals surface area contributed by atoms with E-state index in [1.807, 2.05) is 0 Å². The molecular weight excluding hydrogens is 336 g/mol. The molecule has 0 bridgehead atoms. The fourth-order valence-corrected chi connectivity index (χ4v) is 4.35. The first-order valence-corrected chi connectivity index (χ1v) is 13.3. The van der Waals surface area contributed by atoms with Gasteiger partial charge in [0.15, 0.2) is 0 Å². The zero-order valence-corrected chi connectivity index (χ0v) is 19.3. The minimum atomic E-state index is 1.31. The fourth-order valence-electron chi connectivity index (χ4n) is 4.35. The van der Waals surface area contributed by atoms with Crippen molar-refractivity contribution in [3.63, 3.8) is 0 Å². The van der Waals surface area contributed by atoms with Gasteiger partial charge < -0.3 is 0 Å². The lowest BCUT2D eigenvalue weighted by Gasteiger charge is -2.03.